The summed E-state index contributed by atoms with van der Waals surface area (Å²) in [7, 11) is 3.93. The molecule has 1 aromatic carbocycles. The molecular weight excluding hydrogens is 439 g/mol. The zero-order chi connectivity index (χ0) is 21.7. The van der Waals surface area contributed by atoms with E-state index in [2.05, 4.69) is 34.5 Å². The number of likely N-dealkylation sites (N-methyl/N-ethyl adjacent to an activating group) is 1. The van der Waals surface area contributed by atoms with Gasteiger partial charge in [0.1, 0.15) is 5.75 Å². The van der Waals surface area contributed by atoms with Crippen LogP contribution in [0.3, 0.4) is 0 Å². The van der Waals surface area contributed by atoms with E-state index < -0.39 is 0 Å². The van der Waals surface area contributed by atoms with Crippen molar-refractivity contribution in [2.45, 2.75) is 31.7 Å². The van der Waals surface area contributed by atoms with Crippen molar-refractivity contribution in [2.24, 2.45) is 0 Å². The zero-order valence-electron chi connectivity index (χ0n) is 17.9. The van der Waals surface area contributed by atoms with Crippen LogP contribution in [0.1, 0.15) is 35.3 Å². The summed E-state index contributed by atoms with van der Waals surface area (Å²) in [5.74, 6) is 0.519. The van der Waals surface area contributed by atoms with Gasteiger partial charge < -0.3 is 38.4 Å². The first-order valence-corrected chi connectivity index (χ1v) is 10.5. The maximum Gasteiger partial charge on any atom is 0.274 e. The molecule has 1 aliphatic heterocycles. The molecule has 3 rings (SSSR count). The largest absolute Gasteiger partial charge is 1.00 e. The van der Waals surface area contributed by atoms with Crippen LogP contribution in [0, 0.1) is 0 Å². The Hall–Kier alpha value is -2.29. The lowest BCUT2D eigenvalue weighted by Gasteiger charge is -2.41. The third kappa shape index (κ3) is 6.59. The molecule has 170 valence electrons. The highest BCUT2D eigenvalue weighted by atomic mass is 35.5. The van der Waals surface area contributed by atoms with Crippen molar-refractivity contribution in [3.8, 4) is 5.75 Å². The number of benzene rings is 1. The Labute approximate surface area is 194 Å². The van der Waals surface area contributed by atoms with Gasteiger partial charge in [0.25, 0.3) is 5.91 Å². The molecule has 10 heteroatoms. The van der Waals surface area contributed by atoms with E-state index in [1.165, 1.54) is 5.56 Å². The normalized spacial score (nSPS) is 20.5. The number of halogens is 2. The number of quaternary nitrogens is 1. The number of nitrogens with zero attached hydrogens (tertiary/aromatic N) is 3. The van der Waals surface area contributed by atoms with Gasteiger partial charge in [0.15, 0.2) is 22.5 Å². The molecule has 2 aromatic rings. The van der Waals surface area contributed by atoms with E-state index in [1.807, 2.05) is 12.1 Å². The Morgan fingerprint density at radius 2 is 1.97 bits per heavy atom. The van der Waals surface area contributed by atoms with E-state index in [9.17, 15) is 4.79 Å². The molecule has 0 bridgehead atoms. The van der Waals surface area contributed by atoms with Crippen molar-refractivity contribution in [1.82, 2.24) is 15.3 Å². The second kappa shape index (κ2) is 10.8. The first-order valence-electron chi connectivity index (χ1n) is 10.2. The van der Waals surface area contributed by atoms with Crippen molar-refractivity contribution < 1.29 is 26.4 Å². The number of aryl methyl sites for hydroxylation is 1. The number of hydrogen-bond donors (Lipinski definition) is 3. The third-order valence-electron chi connectivity index (χ3n) is 5.69. The minimum absolute atomic E-state index is 0. The van der Waals surface area contributed by atoms with Gasteiger partial charge in [-0.2, -0.15) is 0 Å². The van der Waals surface area contributed by atoms with Gasteiger partial charge in [0, 0.05) is 6.42 Å². The Balaban J connectivity index is 0.00000341. The second-order valence-electron chi connectivity index (χ2n) is 8.15. The van der Waals surface area contributed by atoms with Crippen LogP contribution in [-0.2, 0) is 6.42 Å². The Morgan fingerprint density at radius 3 is 2.65 bits per heavy atom. The summed E-state index contributed by atoms with van der Waals surface area (Å²) in [5.41, 5.74) is 12.7. The quantitative estimate of drug-likeness (QED) is 0.461. The predicted octanol–water partition coefficient (Wildman–Crippen LogP) is -0.721. The number of nitrogens with two attached hydrogens (primary N) is 2. The van der Waals surface area contributed by atoms with Gasteiger partial charge in [-0.1, -0.05) is 23.7 Å². The van der Waals surface area contributed by atoms with Crippen LogP contribution in [0.2, 0.25) is 5.15 Å². The van der Waals surface area contributed by atoms with Crippen LogP contribution in [0.25, 0.3) is 0 Å². The van der Waals surface area contributed by atoms with Crippen LogP contribution in [0.4, 0.5) is 11.6 Å². The molecule has 5 N–H and O–H groups in total. The third-order valence-corrected chi connectivity index (χ3v) is 5.97. The van der Waals surface area contributed by atoms with Gasteiger partial charge >= 0.3 is 0 Å². The lowest BCUT2D eigenvalue weighted by atomic mass is 10.0. The molecule has 0 unspecified atom stereocenters. The Kier molecular flexibility index (Phi) is 8.73. The number of methoxy groups -OCH3 is 1. The molecule has 1 saturated heterocycles. The molecule has 1 aromatic heterocycles. The average Bonchev–Trinajstić information content (AvgIpc) is 2.71. The van der Waals surface area contributed by atoms with E-state index in [1.54, 1.807) is 7.11 Å². The number of rotatable bonds is 7. The van der Waals surface area contributed by atoms with E-state index in [-0.39, 0.29) is 46.8 Å². The number of likely N-dealkylation sites (tertiary alicyclic amines) is 1. The molecule has 0 spiro atoms. The fourth-order valence-electron chi connectivity index (χ4n) is 4.07. The second-order valence-corrected chi connectivity index (χ2v) is 8.51. The topological polar surface area (TPSA) is 116 Å². The molecule has 0 radical (unpaired) electrons. The van der Waals surface area contributed by atoms with Gasteiger partial charge in [-0.05, 0) is 37.0 Å². The number of nitrogens with one attached hydrogen (secondary N) is 1. The number of ether oxygens (including phenoxy) is 1. The first-order chi connectivity index (χ1) is 14.3. The van der Waals surface area contributed by atoms with Crippen molar-refractivity contribution in [2.75, 3.05) is 45.3 Å². The molecule has 1 amide bonds. The number of amides is 1. The number of carbonyl (C=O) groups excluding carboxylic acids is 1. The molecule has 0 aliphatic carbocycles. The number of piperidine rings is 1. The minimum Gasteiger partial charge on any atom is -1.00 e. The molecule has 1 fully saturated rings. The predicted molar refractivity (Wildman–Crippen MR) is 118 cm³/mol. The van der Waals surface area contributed by atoms with Crippen molar-refractivity contribution in [3.05, 3.63) is 40.7 Å². The Morgan fingerprint density at radius 1 is 1.26 bits per heavy atom. The summed E-state index contributed by atoms with van der Waals surface area (Å²) in [4.78, 5) is 20.5. The Bertz CT molecular complexity index is 896. The monoisotopic (exact) mass is 468 g/mol. The van der Waals surface area contributed by atoms with Gasteiger partial charge in [-0.15, -0.1) is 0 Å². The van der Waals surface area contributed by atoms with Crippen molar-refractivity contribution >= 4 is 29.1 Å². The van der Waals surface area contributed by atoms with Crippen molar-refractivity contribution in [1.29, 1.82) is 0 Å². The van der Waals surface area contributed by atoms with Crippen LogP contribution >= 0.6 is 11.6 Å². The molecule has 1 aliphatic rings. The van der Waals surface area contributed by atoms with Crippen LogP contribution < -0.4 is 33.9 Å². The molecular formula is C21H30Cl2N6O2. The highest BCUT2D eigenvalue weighted by Crippen LogP contribution is 2.21. The summed E-state index contributed by atoms with van der Waals surface area (Å²) in [5, 5.41) is 3.03. The highest BCUT2D eigenvalue weighted by molar-refractivity contribution is 6.31. The summed E-state index contributed by atoms with van der Waals surface area (Å²) in [6, 6.07) is 8.27. The number of hydrogen-bond acceptors (Lipinski definition) is 6. The fourth-order valence-corrected chi connectivity index (χ4v) is 4.20. The number of carbonyl (C=O) groups is 1. The lowest BCUT2D eigenvalue weighted by Crippen LogP contribution is -3.00. The standard InChI is InChI=1S/C21H29ClN6O2.ClH/c1-28(11-3-5-14-7-9-16(30-2)10-8-14)12-4-6-15(13-28)25-21(29)17-19(23)27-20(24)18(22)26-17;/h7-10,15H,3-6,11-13H2,1-2H3,(H4-,23,24,25,27,29);1H/t15-,28-;/m0./s1. The van der Waals surface area contributed by atoms with E-state index in [0.717, 1.165) is 55.6 Å². The number of nitrogen functional groups attached to an aromatic ring is 2. The first kappa shape index (κ1) is 25.0. The van der Waals surface area contributed by atoms with Crippen LogP contribution in [0.5, 0.6) is 5.75 Å². The SMILES string of the molecule is COc1ccc(CCC[N@@+]2(C)CCC[C@H](NC(=O)c3nc(Cl)c(N)nc3N)C2)cc1.[Cl-]. The highest BCUT2D eigenvalue weighted by Gasteiger charge is 2.32. The molecule has 0 saturated carbocycles. The summed E-state index contributed by atoms with van der Waals surface area (Å²) in [6.45, 7) is 3.02. The average molecular weight is 469 g/mol. The van der Waals surface area contributed by atoms with Gasteiger partial charge in [-0.25, -0.2) is 9.97 Å². The zero-order valence-corrected chi connectivity index (χ0v) is 19.4. The smallest absolute Gasteiger partial charge is 0.274 e. The van der Waals surface area contributed by atoms with Crippen molar-refractivity contribution in [3.63, 3.8) is 0 Å². The summed E-state index contributed by atoms with van der Waals surface area (Å²) in [6.07, 6.45) is 4.07. The molecule has 2 heterocycles. The van der Waals surface area contributed by atoms with Crippen LogP contribution in [0.15, 0.2) is 24.3 Å². The number of aromatic nitrogens is 2. The summed E-state index contributed by atoms with van der Waals surface area (Å²) < 4.78 is 6.13. The van der Waals surface area contributed by atoms with Gasteiger partial charge in [-0.3, -0.25) is 4.79 Å². The lowest BCUT2D eigenvalue weighted by molar-refractivity contribution is -0.915. The number of anilines is 2. The molecule has 31 heavy (non-hydrogen) atoms. The van der Waals surface area contributed by atoms with Gasteiger partial charge in [0.2, 0.25) is 0 Å². The minimum atomic E-state index is -0.362. The maximum absolute atomic E-state index is 12.6. The van der Waals surface area contributed by atoms with Crippen LogP contribution in [-0.4, -0.2) is 60.2 Å². The maximum atomic E-state index is 12.6. The molecule has 2 atom stereocenters. The van der Waals surface area contributed by atoms with E-state index in [0.29, 0.717) is 0 Å². The fraction of sp³-hybridized carbons (Fsp3) is 0.476. The molecule has 8 nitrogen and oxygen atoms in total. The van der Waals surface area contributed by atoms with Gasteiger partial charge in [0.05, 0.1) is 39.8 Å². The summed E-state index contributed by atoms with van der Waals surface area (Å²) >= 11 is 5.90. The van der Waals surface area contributed by atoms with E-state index in [4.69, 9.17) is 27.8 Å². The van der Waals surface area contributed by atoms with E-state index >= 15 is 0 Å².